The summed E-state index contributed by atoms with van der Waals surface area (Å²) in [5.74, 6) is -0.346. The van der Waals surface area contributed by atoms with Gasteiger partial charge >= 0.3 is 0 Å². The Morgan fingerprint density at radius 1 is 1.17 bits per heavy atom. The van der Waals surface area contributed by atoms with Crippen LogP contribution in [-0.2, 0) is 16.6 Å². The molecule has 1 aromatic carbocycles. The van der Waals surface area contributed by atoms with Crippen LogP contribution in [0.3, 0.4) is 0 Å². The lowest BCUT2D eigenvalue weighted by Gasteiger charge is -2.13. The van der Waals surface area contributed by atoms with E-state index in [1.54, 1.807) is 12.1 Å². The van der Waals surface area contributed by atoms with Crippen LogP contribution in [0, 0.1) is 0 Å². The minimum absolute atomic E-state index is 0.0208. The first kappa shape index (κ1) is 20.1. The Morgan fingerprint density at radius 3 is 2.76 bits per heavy atom. The number of pyridine rings is 1. The molecule has 3 aromatic rings. The SMILES string of the molecule is O=C(NCc1cn2cc(Br)ccc2n1)c1cccc(S(=O)(=O)NC2CCCC2)c1. The summed E-state index contributed by atoms with van der Waals surface area (Å²) in [5, 5.41) is 2.80. The van der Waals surface area contributed by atoms with Gasteiger partial charge in [0.25, 0.3) is 5.91 Å². The highest BCUT2D eigenvalue weighted by atomic mass is 79.9. The summed E-state index contributed by atoms with van der Waals surface area (Å²) < 4.78 is 30.8. The first-order chi connectivity index (χ1) is 13.9. The van der Waals surface area contributed by atoms with Gasteiger partial charge in [0.2, 0.25) is 10.0 Å². The lowest BCUT2D eigenvalue weighted by atomic mass is 10.2. The molecule has 0 bridgehead atoms. The fraction of sp³-hybridized carbons (Fsp3) is 0.300. The average Bonchev–Trinajstić information content (AvgIpc) is 3.34. The van der Waals surface area contributed by atoms with Crippen LogP contribution in [0.4, 0.5) is 0 Å². The van der Waals surface area contributed by atoms with Crippen molar-refractivity contribution in [1.82, 2.24) is 19.4 Å². The van der Waals surface area contributed by atoms with Crippen molar-refractivity contribution in [3.05, 3.63) is 64.5 Å². The Hall–Kier alpha value is -2.23. The van der Waals surface area contributed by atoms with E-state index in [9.17, 15) is 13.2 Å². The number of halogens is 1. The molecule has 0 unspecified atom stereocenters. The van der Waals surface area contributed by atoms with Gasteiger partial charge in [-0.2, -0.15) is 0 Å². The quantitative estimate of drug-likeness (QED) is 0.570. The molecule has 1 saturated carbocycles. The molecule has 0 aliphatic heterocycles. The molecule has 2 heterocycles. The number of hydrogen-bond acceptors (Lipinski definition) is 4. The Bertz CT molecular complexity index is 1150. The number of fused-ring (bicyclic) bond motifs is 1. The standard InChI is InChI=1S/C20H21BrN4O3S/c21-15-8-9-19-23-17(13-25(19)12-15)11-22-20(26)14-4-3-7-18(10-14)29(27,28)24-16-5-1-2-6-16/h3-4,7-10,12-13,16,24H,1-2,5-6,11H2,(H,22,26). The summed E-state index contributed by atoms with van der Waals surface area (Å²) >= 11 is 3.41. The van der Waals surface area contributed by atoms with Crippen LogP contribution in [0.1, 0.15) is 41.7 Å². The fourth-order valence-electron chi connectivity index (χ4n) is 3.51. The van der Waals surface area contributed by atoms with Crippen molar-refractivity contribution < 1.29 is 13.2 Å². The first-order valence-corrected chi connectivity index (χ1v) is 11.7. The second-order valence-electron chi connectivity index (χ2n) is 7.16. The monoisotopic (exact) mass is 476 g/mol. The number of carbonyl (C=O) groups is 1. The number of nitrogens with one attached hydrogen (secondary N) is 2. The van der Waals surface area contributed by atoms with Gasteiger partial charge in [-0.25, -0.2) is 18.1 Å². The number of imidazole rings is 1. The molecule has 29 heavy (non-hydrogen) atoms. The summed E-state index contributed by atoms with van der Waals surface area (Å²) in [4.78, 5) is 17.1. The summed E-state index contributed by atoms with van der Waals surface area (Å²) in [6.07, 6.45) is 7.52. The number of hydrogen-bond donors (Lipinski definition) is 2. The van der Waals surface area contributed by atoms with Gasteiger partial charge in [-0.3, -0.25) is 4.79 Å². The average molecular weight is 477 g/mol. The fourth-order valence-corrected chi connectivity index (χ4v) is 5.21. The summed E-state index contributed by atoms with van der Waals surface area (Å²) in [6.45, 7) is 0.245. The number of rotatable bonds is 6. The zero-order valence-electron chi connectivity index (χ0n) is 15.6. The largest absolute Gasteiger partial charge is 0.346 e. The third-order valence-electron chi connectivity index (χ3n) is 4.98. The predicted octanol–water partition coefficient (Wildman–Crippen LogP) is 3.25. The topological polar surface area (TPSA) is 92.6 Å². The van der Waals surface area contributed by atoms with Crippen LogP contribution in [0.15, 0.2) is 58.2 Å². The summed E-state index contributed by atoms with van der Waals surface area (Å²) in [7, 11) is -3.64. The number of sulfonamides is 1. The predicted molar refractivity (Wildman–Crippen MR) is 113 cm³/mol. The van der Waals surface area contributed by atoms with Crippen LogP contribution in [0.2, 0.25) is 0 Å². The number of aromatic nitrogens is 2. The van der Waals surface area contributed by atoms with Gasteiger partial charge in [0.15, 0.2) is 0 Å². The lowest BCUT2D eigenvalue weighted by molar-refractivity contribution is 0.0950. The van der Waals surface area contributed by atoms with Crippen molar-refractivity contribution in [2.75, 3.05) is 0 Å². The number of carbonyl (C=O) groups excluding carboxylic acids is 1. The molecule has 4 rings (SSSR count). The van der Waals surface area contributed by atoms with E-state index in [0.717, 1.165) is 35.8 Å². The molecule has 1 aliphatic rings. The third kappa shape index (κ3) is 4.68. The van der Waals surface area contributed by atoms with E-state index < -0.39 is 10.0 Å². The van der Waals surface area contributed by atoms with E-state index in [0.29, 0.717) is 11.3 Å². The van der Waals surface area contributed by atoms with E-state index in [2.05, 4.69) is 31.0 Å². The highest BCUT2D eigenvalue weighted by molar-refractivity contribution is 9.10. The number of nitrogens with zero attached hydrogens (tertiary/aromatic N) is 2. The van der Waals surface area contributed by atoms with Crippen molar-refractivity contribution in [3.63, 3.8) is 0 Å². The molecule has 1 aliphatic carbocycles. The normalized spacial score (nSPS) is 15.1. The highest BCUT2D eigenvalue weighted by Crippen LogP contribution is 2.21. The zero-order valence-corrected chi connectivity index (χ0v) is 18.0. The maximum absolute atomic E-state index is 12.6. The van der Waals surface area contributed by atoms with Gasteiger partial charge in [0, 0.05) is 28.5 Å². The third-order valence-corrected chi connectivity index (χ3v) is 6.97. The highest BCUT2D eigenvalue weighted by Gasteiger charge is 2.23. The lowest BCUT2D eigenvalue weighted by Crippen LogP contribution is -2.32. The van der Waals surface area contributed by atoms with Crippen LogP contribution >= 0.6 is 15.9 Å². The van der Waals surface area contributed by atoms with Crippen molar-refractivity contribution in [1.29, 1.82) is 0 Å². The van der Waals surface area contributed by atoms with Crippen molar-refractivity contribution in [2.45, 2.75) is 43.2 Å². The van der Waals surface area contributed by atoms with E-state index in [-0.39, 0.29) is 23.4 Å². The first-order valence-electron chi connectivity index (χ1n) is 9.44. The van der Waals surface area contributed by atoms with E-state index >= 15 is 0 Å². The van der Waals surface area contributed by atoms with Crippen molar-refractivity contribution in [2.24, 2.45) is 0 Å². The summed E-state index contributed by atoms with van der Waals surface area (Å²) in [6, 6.07) is 9.86. The molecule has 2 aromatic heterocycles. The molecular weight excluding hydrogens is 456 g/mol. The minimum Gasteiger partial charge on any atom is -0.346 e. The molecule has 9 heteroatoms. The van der Waals surface area contributed by atoms with E-state index in [1.807, 2.05) is 28.9 Å². The Morgan fingerprint density at radius 2 is 1.97 bits per heavy atom. The van der Waals surface area contributed by atoms with Crippen LogP contribution in [-0.4, -0.2) is 29.8 Å². The molecule has 1 amide bonds. The van der Waals surface area contributed by atoms with Gasteiger partial charge in [-0.15, -0.1) is 0 Å². The van der Waals surface area contributed by atoms with Gasteiger partial charge < -0.3 is 9.72 Å². The zero-order chi connectivity index (χ0) is 20.4. The number of amides is 1. The van der Waals surface area contributed by atoms with Gasteiger partial charge in [0.1, 0.15) is 5.65 Å². The van der Waals surface area contributed by atoms with Crippen molar-refractivity contribution >= 4 is 37.5 Å². The molecule has 1 fully saturated rings. The smallest absolute Gasteiger partial charge is 0.251 e. The maximum atomic E-state index is 12.6. The molecule has 152 valence electrons. The molecule has 0 atom stereocenters. The van der Waals surface area contributed by atoms with Gasteiger partial charge in [0.05, 0.1) is 17.1 Å². The number of benzene rings is 1. The maximum Gasteiger partial charge on any atom is 0.251 e. The molecule has 7 nitrogen and oxygen atoms in total. The van der Waals surface area contributed by atoms with E-state index in [1.165, 1.54) is 12.1 Å². The molecule has 0 saturated heterocycles. The van der Waals surface area contributed by atoms with Crippen molar-refractivity contribution in [3.8, 4) is 0 Å². The van der Waals surface area contributed by atoms with Crippen LogP contribution < -0.4 is 10.0 Å². The molecule has 0 spiro atoms. The van der Waals surface area contributed by atoms with Gasteiger partial charge in [-0.05, 0) is 59.1 Å². The minimum atomic E-state index is -3.64. The Labute approximate surface area is 177 Å². The van der Waals surface area contributed by atoms with E-state index in [4.69, 9.17) is 0 Å². The Kier molecular flexibility index (Phi) is 5.71. The molecular formula is C20H21BrN4O3S. The molecule has 0 radical (unpaired) electrons. The van der Waals surface area contributed by atoms with Gasteiger partial charge in [-0.1, -0.05) is 18.9 Å². The van der Waals surface area contributed by atoms with Crippen LogP contribution in [0.5, 0.6) is 0 Å². The Balaban J connectivity index is 1.45. The van der Waals surface area contributed by atoms with Crippen LogP contribution in [0.25, 0.3) is 5.65 Å². The second kappa shape index (κ2) is 8.25. The second-order valence-corrected chi connectivity index (χ2v) is 9.79. The summed E-state index contributed by atoms with van der Waals surface area (Å²) in [5.41, 5.74) is 1.79. The molecule has 2 N–H and O–H groups in total.